The lowest BCUT2D eigenvalue weighted by Gasteiger charge is -2.18. The fourth-order valence-electron chi connectivity index (χ4n) is 2.35. The molecule has 2 aromatic carbocycles. The molecule has 0 radical (unpaired) electrons. The molecule has 0 spiro atoms. The minimum Gasteiger partial charge on any atom is -0.358 e. The first-order chi connectivity index (χ1) is 7.60. The van der Waals surface area contributed by atoms with E-state index in [0.717, 1.165) is 16.7 Å². The molecule has 0 aliphatic heterocycles. The summed E-state index contributed by atoms with van der Waals surface area (Å²) in [5.74, 6) is -1.85. The van der Waals surface area contributed by atoms with Crippen LogP contribution < -0.4 is 0 Å². The van der Waals surface area contributed by atoms with Crippen LogP contribution in [0.1, 0.15) is 24.1 Å². The van der Waals surface area contributed by atoms with E-state index in [1.165, 1.54) is 0 Å². The molecule has 0 bridgehead atoms. The Hall–Kier alpha value is -1.64. The van der Waals surface area contributed by atoms with Crippen LogP contribution in [0, 0.1) is 6.92 Å². The third-order valence-electron chi connectivity index (χ3n) is 3.14. The normalized spacial score (nSPS) is 14.8. The molecule has 17 heavy (non-hydrogen) atoms. The smallest absolute Gasteiger partial charge is 0.218 e. The van der Waals surface area contributed by atoms with E-state index in [4.69, 9.17) is 0 Å². The van der Waals surface area contributed by atoms with Gasteiger partial charge in [0.2, 0.25) is 5.79 Å². The number of hydrogen-bond acceptors (Lipinski definition) is 2. The molecule has 2 N–H and O–H groups in total. The molecule has 0 aromatic heterocycles. The van der Waals surface area contributed by atoms with E-state index in [1.54, 1.807) is 6.07 Å². The molecular weight excluding hydrogens is 212 g/mol. The largest absolute Gasteiger partial charge is 0.358 e. The average molecular weight is 228 g/mol. The monoisotopic (exact) mass is 228 g/mol. The first-order valence-corrected chi connectivity index (χ1v) is 5.26. The molecular formula is C15H16O2. The van der Waals surface area contributed by atoms with Crippen molar-refractivity contribution in [2.45, 2.75) is 20.1 Å². The van der Waals surface area contributed by atoms with Gasteiger partial charge < -0.3 is 10.2 Å². The maximum atomic E-state index is 10.2. The zero-order valence-corrected chi connectivity index (χ0v) is 8.94. The van der Waals surface area contributed by atoms with Crippen molar-refractivity contribution in [3.05, 3.63) is 59.2 Å². The Morgan fingerprint density at radius 3 is 2.29 bits per heavy atom. The summed E-state index contributed by atoms with van der Waals surface area (Å²) in [7, 11) is 0. The Morgan fingerprint density at radius 1 is 0.882 bits per heavy atom. The number of hydrogen-bond donors (Lipinski definition) is 2. The van der Waals surface area contributed by atoms with Crippen molar-refractivity contribution in [1.29, 1.82) is 0 Å². The number of aliphatic hydroxyl groups is 2. The van der Waals surface area contributed by atoms with E-state index < -0.39 is 5.79 Å². The third-order valence-corrected chi connectivity index (χ3v) is 3.14. The lowest BCUT2D eigenvalue weighted by Crippen LogP contribution is -2.23. The number of fused-ring (bicyclic) bond motifs is 3. The zero-order valence-electron chi connectivity index (χ0n) is 8.94. The van der Waals surface area contributed by atoms with Crippen molar-refractivity contribution >= 4 is 0 Å². The molecule has 0 heterocycles. The molecule has 1 aliphatic carbocycles. The summed E-state index contributed by atoms with van der Waals surface area (Å²) in [5.41, 5.74) is 3.98. The van der Waals surface area contributed by atoms with Crippen molar-refractivity contribution in [2.24, 2.45) is 0 Å². The van der Waals surface area contributed by atoms with Crippen molar-refractivity contribution in [3.63, 3.8) is 0 Å². The zero-order chi connectivity index (χ0) is 11.3. The van der Waals surface area contributed by atoms with Gasteiger partial charge in [-0.2, -0.15) is 0 Å². The Morgan fingerprint density at radius 2 is 1.53 bits per heavy atom. The highest BCUT2D eigenvalue weighted by Crippen LogP contribution is 2.45. The number of benzene rings is 2. The van der Waals surface area contributed by atoms with Crippen molar-refractivity contribution in [2.75, 3.05) is 0 Å². The Balaban J connectivity index is 0.00000108. The summed E-state index contributed by atoms with van der Waals surface area (Å²) >= 11 is 0. The van der Waals surface area contributed by atoms with Crippen molar-refractivity contribution in [3.8, 4) is 11.1 Å². The molecule has 2 nitrogen and oxygen atoms in total. The molecule has 0 saturated carbocycles. The van der Waals surface area contributed by atoms with Crippen LogP contribution >= 0.6 is 0 Å². The van der Waals surface area contributed by atoms with E-state index in [0.29, 0.717) is 11.1 Å². The van der Waals surface area contributed by atoms with E-state index in [1.807, 2.05) is 43.3 Å². The minimum absolute atomic E-state index is 0. The highest BCUT2D eigenvalue weighted by Gasteiger charge is 2.39. The number of aryl methyl sites for hydroxylation is 1. The highest BCUT2D eigenvalue weighted by atomic mass is 16.5. The summed E-state index contributed by atoms with van der Waals surface area (Å²) in [5, 5.41) is 20.4. The quantitative estimate of drug-likeness (QED) is 0.681. The Bertz CT molecular complexity index is 571. The average Bonchev–Trinajstić information content (AvgIpc) is 2.49. The standard InChI is InChI=1S/C14H12O2.CH4/c1-9-6-7-11-10-4-2-3-5-12(10)14(15,16)13(11)8-9;/h2-8,15-16H,1H3;1H4. The minimum atomic E-state index is -1.85. The predicted molar refractivity (Wildman–Crippen MR) is 68.6 cm³/mol. The van der Waals surface area contributed by atoms with Gasteiger partial charge in [0.25, 0.3) is 0 Å². The van der Waals surface area contributed by atoms with Crippen LogP contribution in [0.15, 0.2) is 42.5 Å². The summed E-state index contributed by atoms with van der Waals surface area (Å²) < 4.78 is 0. The summed E-state index contributed by atoms with van der Waals surface area (Å²) in [6.07, 6.45) is 0. The Labute approximate surface area is 101 Å². The van der Waals surface area contributed by atoms with Crippen LogP contribution in [-0.2, 0) is 5.79 Å². The van der Waals surface area contributed by atoms with Gasteiger partial charge in [-0.15, -0.1) is 0 Å². The lowest BCUT2D eigenvalue weighted by atomic mass is 10.0. The second kappa shape index (κ2) is 3.69. The summed E-state index contributed by atoms with van der Waals surface area (Å²) in [6.45, 7) is 1.94. The van der Waals surface area contributed by atoms with Gasteiger partial charge in [-0.05, 0) is 24.1 Å². The van der Waals surface area contributed by atoms with Gasteiger partial charge >= 0.3 is 0 Å². The maximum absolute atomic E-state index is 10.2. The molecule has 88 valence electrons. The maximum Gasteiger partial charge on any atom is 0.218 e. The van der Waals surface area contributed by atoms with Crippen LogP contribution in [0.3, 0.4) is 0 Å². The molecule has 2 heteroatoms. The Kier molecular flexibility index (Phi) is 2.57. The van der Waals surface area contributed by atoms with Gasteiger partial charge in [0.05, 0.1) is 0 Å². The van der Waals surface area contributed by atoms with E-state index >= 15 is 0 Å². The summed E-state index contributed by atoms with van der Waals surface area (Å²) in [4.78, 5) is 0. The summed E-state index contributed by atoms with van der Waals surface area (Å²) in [6, 6.07) is 13.1. The van der Waals surface area contributed by atoms with Gasteiger partial charge in [-0.3, -0.25) is 0 Å². The molecule has 0 saturated heterocycles. The van der Waals surface area contributed by atoms with Crippen LogP contribution in [0.2, 0.25) is 0 Å². The molecule has 0 atom stereocenters. The highest BCUT2D eigenvalue weighted by molar-refractivity contribution is 5.79. The van der Waals surface area contributed by atoms with Gasteiger partial charge in [-0.1, -0.05) is 49.4 Å². The molecule has 0 unspecified atom stereocenters. The van der Waals surface area contributed by atoms with Crippen molar-refractivity contribution in [1.82, 2.24) is 0 Å². The lowest BCUT2D eigenvalue weighted by molar-refractivity contribution is -0.128. The van der Waals surface area contributed by atoms with E-state index in [-0.39, 0.29) is 7.43 Å². The number of rotatable bonds is 0. The first kappa shape index (κ1) is 11.8. The molecule has 0 amide bonds. The van der Waals surface area contributed by atoms with Crippen molar-refractivity contribution < 1.29 is 10.2 Å². The van der Waals surface area contributed by atoms with E-state index in [2.05, 4.69) is 0 Å². The van der Waals surface area contributed by atoms with Gasteiger partial charge in [0.1, 0.15) is 0 Å². The molecule has 0 fully saturated rings. The molecule has 3 rings (SSSR count). The first-order valence-electron chi connectivity index (χ1n) is 5.26. The third kappa shape index (κ3) is 1.49. The van der Waals surface area contributed by atoms with Crippen LogP contribution in [0.4, 0.5) is 0 Å². The second-order valence-corrected chi connectivity index (χ2v) is 4.27. The fourth-order valence-corrected chi connectivity index (χ4v) is 2.35. The SMILES string of the molecule is C.Cc1ccc2c(c1)C(O)(O)c1ccccc1-2. The van der Waals surface area contributed by atoms with Gasteiger partial charge in [0, 0.05) is 11.1 Å². The second-order valence-electron chi connectivity index (χ2n) is 4.27. The van der Waals surface area contributed by atoms with Crippen LogP contribution in [0.25, 0.3) is 11.1 Å². The van der Waals surface area contributed by atoms with E-state index in [9.17, 15) is 10.2 Å². The fraction of sp³-hybridized carbons (Fsp3) is 0.200. The van der Waals surface area contributed by atoms with Gasteiger partial charge in [0.15, 0.2) is 0 Å². The molecule has 1 aliphatic rings. The van der Waals surface area contributed by atoms with Gasteiger partial charge in [-0.25, -0.2) is 0 Å². The predicted octanol–water partition coefficient (Wildman–Crippen LogP) is 2.80. The van der Waals surface area contributed by atoms with Crippen LogP contribution in [-0.4, -0.2) is 10.2 Å². The molecule has 2 aromatic rings. The topological polar surface area (TPSA) is 40.5 Å². The van der Waals surface area contributed by atoms with Crippen LogP contribution in [0.5, 0.6) is 0 Å².